The first-order chi connectivity index (χ1) is 10.5. The van der Waals surface area contributed by atoms with E-state index in [4.69, 9.17) is 0 Å². The lowest BCUT2D eigenvalue weighted by molar-refractivity contribution is -0.140. The monoisotopic (exact) mass is 344 g/mol. The van der Waals surface area contributed by atoms with Gasteiger partial charge in [-0.25, -0.2) is 15.0 Å². The Bertz CT molecular complexity index is 781. The van der Waals surface area contributed by atoms with Gasteiger partial charge in [-0.3, -0.25) is 0 Å². The fourth-order valence-electron chi connectivity index (χ4n) is 1.99. The molecule has 0 bridgehead atoms. The van der Waals surface area contributed by atoms with Crippen LogP contribution >= 0.6 is 22.7 Å². The highest BCUT2D eigenvalue weighted by molar-refractivity contribution is 7.16. The van der Waals surface area contributed by atoms with Crippen LogP contribution in [0.2, 0.25) is 0 Å². The largest absolute Gasteiger partial charge is 0.434 e. The summed E-state index contributed by atoms with van der Waals surface area (Å²) >= 11 is 2.49. The number of alkyl halides is 3. The van der Waals surface area contributed by atoms with Gasteiger partial charge in [0.05, 0.1) is 11.4 Å². The molecule has 1 unspecified atom stereocenters. The molecule has 9 heteroatoms. The Morgan fingerprint density at radius 3 is 2.77 bits per heavy atom. The van der Waals surface area contributed by atoms with Crippen molar-refractivity contribution in [2.24, 2.45) is 0 Å². The van der Waals surface area contributed by atoms with E-state index < -0.39 is 11.9 Å². The Morgan fingerprint density at radius 2 is 2.09 bits per heavy atom. The second kappa shape index (κ2) is 5.81. The average molecular weight is 344 g/mol. The highest BCUT2D eigenvalue weighted by Gasteiger charge is 2.34. The van der Waals surface area contributed by atoms with E-state index in [2.05, 4.69) is 20.3 Å². The van der Waals surface area contributed by atoms with Crippen molar-refractivity contribution in [3.05, 3.63) is 33.9 Å². The van der Waals surface area contributed by atoms with Crippen LogP contribution < -0.4 is 5.32 Å². The van der Waals surface area contributed by atoms with Gasteiger partial charge in [0.15, 0.2) is 5.69 Å². The number of nitrogens with one attached hydrogen (secondary N) is 1. The summed E-state index contributed by atoms with van der Waals surface area (Å²) in [5, 5.41) is 7.38. The molecule has 0 amide bonds. The topological polar surface area (TPSA) is 50.7 Å². The molecule has 1 atom stereocenters. The Kier molecular flexibility index (Phi) is 4.00. The molecule has 116 valence electrons. The van der Waals surface area contributed by atoms with Crippen molar-refractivity contribution in [2.75, 3.05) is 5.32 Å². The number of hydrogen-bond acceptors (Lipinski definition) is 6. The van der Waals surface area contributed by atoms with Crippen molar-refractivity contribution in [3.8, 4) is 0 Å². The number of fused-ring (bicyclic) bond motifs is 1. The molecule has 3 heterocycles. The maximum Gasteiger partial charge on any atom is 0.434 e. The zero-order valence-electron chi connectivity index (χ0n) is 11.4. The smallest absolute Gasteiger partial charge is 0.360 e. The van der Waals surface area contributed by atoms with E-state index in [9.17, 15) is 13.2 Å². The lowest BCUT2D eigenvalue weighted by Gasteiger charge is -2.15. The van der Waals surface area contributed by atoms with Gasteiger partial charge in [-0.05, 0) is 17.9 Å². The standard InChI is InChI=1S/C13H11F3N4S2/c1-2-8(12-20-9(5-22-12)13(14,15)16)19-10-7-3-4-21-11(7)18-6-17-10/h3-6,8H,2H2,1H3,(H,17,18,19). The Hall–Kier alpha value is -1.74. The van der Waals surface area contributed by atoms with Gasteiger partial charge in [0.2, 0.25) is 0 Å². The lowest BCUT2D eigenvalue weighted by atomic mass is 10.2. The number of halogens is 3. The van der Waals surface area contributed by atoms with E-state index >= 15 is 0 Å². The first-order valence-corrected chi connectivity index (χ1v) is 8.22. The predicted octanol–water partition coefficient (Wildman–Crippen LogP) is 4.73. The lowest BCUT2D eigenvalue weighted by Crippen LogP contribution is -2.12. The van der Waals surface area contributed by atoms with E-state index in [0.717, 1.165) is 26.9 Å². The van der Waals surface area contributed by atoms with Gasteiger partial charge in [0, 0.05) is 5.38 Å². The highest BCUT2D eigenvalue weighted by atomic mass is 32.1. The number of nitrogens with zero attached hydrogens (tertiary/aromatic N) is 3. The fourth-order valence-corrected chi connectivity index (χ4v) is 3.68. The Labute approximate surface area is 132 Å². The van der Waals surface area contributed by atoms with Crippen LogP contribution in [0.1, 0.15) is 30.1 Å². The molecule has 0 aliphatic heterocycles. The quantitative estimate of drug-likeness (QED) is 0.743. The van der Waals surface area contributed by atoms with Crippen molar-refractivity contribution in [1.82, 2.24) is 15.0 Å². The normalized spacial score (nSPS) is 13.5. The van der Waals surface area contributed by atoms with Crippen LogP contribution in [0.3, 0.4) is 0 Å². The van der Waals surface area contributed by atoms with Gasteiger partial charge in [-0.15, -0.1) is 22.7 Å². The molecule has 4 nitrogen and oxygen atoms in total. The van der Waals surface area contributed by atoms with Crippen LogP contribution in [-0.4, -0.2) is 15.0 Å². The fraction of sp³-hybridized carbons (Fsp3) is 0.308. The molecule has 0 saturated heterocycles. The molecular formula is C13H11F3N4S2. The van der Waals surface area contributed by atoms with E-state index in [1.165, 1.54) is 17.7 Å². The van der Waals surface area contributed by atoms with Crippen LogP contribution in [0.15, 0.2) is 23.2 Å². The van der Waals surface area contributed by atoms with E-state index in [1.54, 1.807) is 0 Å². The Balaban J connectivity index is 1.89. The summed E-state index contributed by atoms with van der Waals surface area (Å²) in [5.74, 6) is 0.613. The van der Waals surface area contributed by atoms with E-state index in [1.807, 2.05) is 18.4 Å². The minimum absolute atomic E-state index is 0.320. The number of rotatable bonds is 4. The minimum atomic E-state index is -4.41. The molecule has 0 radical (unpaired) electrons. The van der Waals surface area contributed by atoms with Crippen LogP contribution in [0.4, 0.5) is 19.0 Å². The number of anilines is 1. The summed E-state index contributed by atoms with van der Waals surface area (Å²) in [7, 11) is 0. The van der Waals surface area contributed by atoms with E-state index in [0.29, 0.717) is 17.2 Å². The van der Waals surface area contributed by atoms with Crippen LogP contribution in [0.25, 0.3) is 10.2 Å². The summed E-state index contributed by atoms with van der Waals surface area (Å²) in [4.78, 5) is 12.9. The van der Waals surface area contributed by atoms with Gasteiger partial charge in [0.25, 0.3) is 0 Å². The van der Waals surface area contributed by atoms with Gasteiger partial charge in [-0.1, -0.05) is 6.92 Å². The molecule has 0 spiro atoms. The van der Waals surface area contributed by atoms with Crippen molar-refractivity contribution < 1.29 is 13.2 Å². The summed E-state index contributed by atoms with van der Waals surface area (Å²) in [5.41, 5.74) is -0.851. The van der Waals surface area contributed by atoms with Crippen LogP contribution in [0.5, 0.6) is 0 Å². The molecule has 0 fully saturated rings. The zero-order valence-corrected chi connectivity index (χ0v) is 13.0. The first-order valence-electron chi connectivity index (χ1n) is 6.46. The maximum atomic E-state index is 12.7. The Morgan fingerprint density at radius 1 is 1.27 bits per heavy atom. The number of aromatic nitrogens is 3. The SMILES string of the molecule is CCC(Nc1ncnc2sccc12)c1nc(C(F)(F)F)cs1. The molecule has 3 aromatic rings. The highest BCUT2D eigenvalue weighted by Crippen LogP contribution is 2.34. The van der Waals surface area contributed by atoms with Gasteiger partial charge in [-0.2, -0.15) is 13.2 Å². The predicted molar refractivity (Wildman–Crippen MR) is 81.2 cm³/mol. The number of thiophene rings is 1. The third kappa shape index (κ3) is 2.91. The summed E-state index contributed by atoms with van der Waals surface area (Å²) in [6.45, 7) is 1.89. The third-order valence-corrected chi connectivity index (χ3v) is 4.87. The summed E-state index contributed by atoms with van der Waals surface area (Å²) < 4.78 is 38.0. The summed E-state index contributed by atoms with van der Waals surface area (Å²) in [6, 6.07) is 1.57. The molecular weight excluding hydrogens is 333 g/mol. The number of thiazole rings is 1. The molecule has 3 rings (SSSR count). The molecule has 22 heavy (non-hydrogen) atoms. The second-order valence-corrected chi connectivity index (χ2v) is 6.32. The molecule has 0 aromatic carbocycles. The number of hydrogen-bond donors (Lipinski definition) is 1. The summed E-state index contributed by atoms with van der Waals surface area (Å²) in [6.07, 6.45) is -2.38. The second-order valence-electron chi connectivity index (χ2n) is 4.54. The minimum Gasteiger partial charge on any atom is -0.360 e. The van der Waals surface area contributed by atoms with Gasteiger partial charge in [0.1, 0.15) is 22.0 Å². The zero-order chi connectivity index (χ0) is 15.7. The first kappa shape index (κ1) is 15.2. The molecule has 0 saturated carbocycles. The molecule has 0 aliphatic carbocycles. The molecule has 1 N–H and O–H groups in total. The molecule has 3 aromatic heterocycles. The van der Waals surface area contributed by atoms with Gasteiger partial charge < -0.3 is 5.32 Å². The van der Waals surface area contributed by atoms with Crippen molar-refractivity contribution in [2.45, 2.75) is 25.6 Å². The average Bonchev–Trinajstić information content (AvgIpc) is 3.12. The van der Waals surface area contributed by atoms with Crippen LogP contribution in [0, 0.1) is 0 Å². The van der Waals surface area contributed by atoms with Crippen LogP contribution in [-0.2, 0) is 6.18 Å². The van der Waals surface area contributed by atoms with Gasteiger partial charge >= 0.3 is 6.18 Å². The van der Waals surface area contributed by atoms with Crippen molar-refractivity contribution >= 4 is 38.7 Å². The van der Waals surface area contributed by atoms with E-state index in [-0.39, 0.29) is 6.04 Å². The van der Waals surface area contributed by atoms with Crippen molar-refractivity contribution in [1.29, 1.82) is 0 Å². The third-order valence-electron chi connectivity index (χ3n) is 3.09. The maximum absolute atomic E-state index is 12.7. The van der Waals surface area contributed by atoms with Crippen molar-refractivity contribution in [3.63, 3.8) is 0 Å². The molecule has 0 aliphatic rings.